The molecule has 0 aromatic heterocycles. The molecule has 0 radical (unpaired) electrons. The fourth-order valence-corrected chi connectivity index (χ4v) is 2.43. The summed E-state index contributed by atoms with van der Waals surface area (Å²) in [5.41, 5.74) is 7.75. The van der Waals surface area contributed by atoms with Crippen molar-refractivity contribution in [2.24, 2.45) is 5.73 Å². The predicted octanol–water partition coefficient (Wildman–Crippen LogP) is 1.08. The molecule has 4 nitrogen and oxygen atoms in total. The Morgan fingerprint density at radius 1 is 1.32 bits per heavy atom. The molecule has 0 atom stereocenters. The van der Waals surface area contributed by atoms with Crippen LogP contribution in [0.25, 0.3) is 0 Å². The van der Waals surface area contributed by atoms with Crippen LogP contribution in [0.2, 0.25) is 0 Å². The Morgan fingerprint density at radius 2 is 2.00 bits per heavy atom. The van der Waals surface area contributed by atoms with E-state index in [-0.39, 0.29) is 0 Å². The van der Waals surface area contributed by atoms with Gasteiger partial charge in [0.1, 0.15) is 10.7 Å². The maximum Gasteiger partial charge on any atom is 0.123 e. The quantitative estimate of drug-likeness (QED) is 0.835. The molecular weight excluding hydrogens is 258 g/mol. The lowest BCUT2D eigenvalue weighted by atomic mass is 10.1. The largest absolute Gasteiger partial charge is 0.496 e. The second kappa shape index (κ2) is 6.32. The molecule has 1 saturated heterocycles. The third-order valence-electron chi connectivity index (χ3n) is 3.55. The number of nitrogens with two attached hydrogens (primary N) is 1. The van der Waals surface area contributed by atoms with Gasteiger partial charge in [-0.25, -0.2) is 0 Å². The van der Waals surface area contributed by atoms with Gasteiger partial charge in [0.2, 0.25) is 0 Å². The molecule has 104 valence electrons. The van der Waals surface area contributed by atoms with Crippen LogP contribution in [0.1, 0.15) is 11.1 Å². The van der Waals surface area contributed by atoms with Crippen molar-refractivity contribution >= 4 is 17.2 Å². The van der Waals surface area contributed by atoms with Gasteiger partial charge in [-0.2, -0.15) is 0 Å². The molecule has 0 spiro atoms. The predicted molar refractivity (Wildman–Crippen MR) is 81.7 cm³/mol. The summed E-state index contributed by atoms with van der Waals surface area (Å²) >= 11 is 5.04. The maximum absolute atomic E-state index is 5.70. The van der Waals surface area contributed by atoms with E-state index in [1.165, 1.54) is 0 Å². The number of piperazine rings is 1. The standard InChI is InChI=1S/C14H21N3OS/c1-16-5-7-17(8-6-16)10-12-9-11(14(15)19)3-4-13(12)18-2/h3-4,9H,5-8,10H2,1-2H3,(H2,15,19). The van der Waals surface area contributed by atoms with E-state index in [0.29, 0.717) is 4.99 Å². The van der Waals surface area contributed by atoms with E-state index in [1.54, 1.807) is 7.11 Å². The van der Waals surface area contributed by atoms with Gasteiger partial charge < -0.3 is 15.4 Å². The van der Waals surface area contributed by atoms with Crippen LogP contribution in [0.4, 0.5) is 0 Å². The summed E-state index contributed by atoms with van der Waals surface area (Å²) < 4.78 is 5.42. The monoisotopic (exact) mass is 279 g/mol. The highest BCUT2D eigenvalue weighted by Gasteiger charge is 2.16. The lowest BCUT2D eigenvalue weighted by Gasteiger charge is -2.32. The minimum absolute atomic E-state index is 0.433. The number of likely N-dealkylation sites (N-methyl/N-ethyl adjacent to an activating group) is 1. The van der Waals surface area contributed by atoms with Crippen molar-refractivity contribution in [2.45, 2.75) is 6.54 Å². The summed E-state index contributed by atoms with van der Waals surface area (Å²) in [5.74, 6) is 0.902. The molecule has 1 aliphatic heterocycles. The fourth-order valence-electron chi connectivity index (χ4n) is 2.30. The molecule has 0 amide bonds. The molecule has 19 heavy (non-hydrogen) atoms. The second-order valence-electron chi connectivity index (χ2n) is 4.97. The van der Waals surface area contributed by atoms with Gasteiger partial charge in [0.15, 0.2) is 0 Å². The normalized spacial score (nSPS) is 17.4. The molecule has 0 bridgehead atoms. The van der Waals surface area contributed by atoms with Crippen LogP contribution >= 0.6 is 12.2 Å². The highest BCUT2D eigenvalue weighted by Crippen LogP contribution is 2.22. The van der Waals surface area contributed by atoms with Gasteiger partial charge in [-0.15, -0.1) is 0 Å². The van der Waals surface area contributed by atoms with E-state index < -0.39 is 0 Å². The molecule has 1 aromatic rings. The Kier molecular flexibility index (Phi) is 4.74. The van der Waals surface area contributed by atoms with Gasteiger partial charge in [-0.05, 0) is 25.2 Å². The zero-order valence-corrected chi connectivity index (χ0v) is 12.4. The highest BCUT2D eigenvalue weighted by molar-refractivity contribution is 7.80. The van der Waals surface area contributed by atoms with Gasteiger partial charge in [0.05, 0.1) is 7.11 Å². The minimum Gasteiger partial charge on any atom is -0.496 e. The summed E-state index contributed by atoms with van der Waals surface area (Å²) in [4.78, 5) is 5.21. The van der Waals surface area contributed by atoms with Gasteiger partial charge >= 0.3 is 0 Å². The number of ether oxygens (including phenoxy) is 1. The SMILES string of the molecule is COc1ccc(C(N)=S)cc1CN1CCN(C)CC1. The number of hydrogen-bond acceptors (Lipinski definition) is 4. The van der Waals surface area contributed by atoms with Gasteiger partial charge in [0, 0.05) is 43.9 Å². The van der Waals surface area contributed by atoms with Crippen LogP contribution in [-0.4, -0.2) is 55.1 Å². The average Bonchev–Trinajstić information content (AvgIpc) is 2.41. The molecule has 0 aliphatic carbocycles. The third-order valence-corrected chi connectivity index (χ3v) is 3.79. The van der Waals surface area contributed by atoms with Gasteiger partial charge in [0.25, 0.3) is 0 Å². The van der Waals surface area contributed by atoms with Crippen molar-refractivity contribution < 1.29 is 4.74 Å². The summed E-state index contributed by atoms with van der Waals surface area (Å²) in [5, 5.41) is 0. The lowest BCUT2D eigenvalue weighted by molar-refractivity contribution is 0.147. The molecule has 1 fully saturated rings. The first kappa shape index (κ1) is 14.2. The Labute approximate surface area is 120 Å². The van der Waals surface area contributed by atoms with E-state index in [0.717, 1.165) is 49.6 Å². The van der Waals surface area contributed by atoms with E-state index >= 15 is 0 Å². The number of benzene rings is 1. The first-order valence-electron chi connectivity index (χ1n) is 6.48. The van der Waals surface area contributed by atoms with Crippen molar-refractivity contribution in [1.82, 2.24) is 9.80 Å². The van der Waals surface area contributed by atoms with Crippen LogP contribution in [-0.2, 0) is 6.54 Å². The molecule has 5 heteroatoms. The Hall–Kier alpha value is -1.17. The van der Waals surface area contributed by atoms with E-state index in [9.17, 15) is 0 Å². The summed E-state index contributed by atoms with van der Waals surface area (Å²) in [6, 6.07) is 5.90. The first-order chi connectivity index (χ1) is 9.10. The van der Waals surface area contributed by atoms with Crippen molar-refractivity contribution in [3.63, 3.8) is 0 Å². The molecule has 1 aliphatic rings. The van der Waals surface area contributed by atoms with Crippen LogP contribution in [0.15, 0.2) is 18.2 Å². The van der Waals surface area contributed by atoms with E-state index in [2.05, 4.69) is 16.8 Å². The molecule has 0 unspecified atom stereocenters. The number of hydrogen-bond donors (Lipinski definition) is 1. The Balaban J connectivity index is 2.13. The molecule has 0 saturated carbocycles. The molecule has 2 rings (SSSR count). The van der Waals surface area contributed by atoms with Crippen molar-refractivity contribution in [3.8, 4) is 5.75 Å². The summed E-state index contributed by atoms with van der Waals surface area (Å²) in [6.45, 7) is 5.26. The second-order valence-corrected chi connectivity index (χ2v) is 5.41. The topological polar surface area (TPSA) is 41.7 Å². The summed E-state index contributed by atoms with van der Waals surface area (Å²) in [6.07, 6.45) is 0. The molecule has 1 aromatic carbocycles. The average molecular weight is 279 g/mol. The Morgan fingerprint density at radius 3 is 2.58 bits per heavy atom. The zero-order valence-electron chi connectivity index (χ0n) is 11.6. The number of rotatable bonds is 4. The number of methoxy groups -OCH3 is 1. The van der Waals surface area contributed by atoms with Gasteiger partial charge in [-0.1, -0.05) is 12.2 Å². The maximum atomic E-state index is 5.70. The smallest absolute Gasteiger partial charge is 0.123 e. The van der Waals surface area contributed by atoms with E-state index in [4.69, 9.17) is 22.7 Å². The summed E-state index contributed by atoms with van der Waals surface area (Å²) in [7, 11) is 3.86. The van der Waals surface area contributed by atoms with Crippen molar-refractivity contribution in [3.05, 3.63) is 29.3 Å². The first-order valence-corrected chi connectivity index (χ1v) is 6.88. The van der Waals surface area contributed by atoms with Gasteiger partial charge in [-0.3, -0.25) is 4.90 Å². The van der Waals surface area contributed by atoms with Crippen LogP contribution in [0.3, 0.4) is 0 Å². The minimum atomic E-state index is 0.433. The third kappa shape index (κ3) is 3.65. The van der Waals surface area contributed by atoms with Crippen molar-refractivity contribution in [1.29, 1.82) is 0 Å². The van der Waals surface area contributed by atoms with Crippen LogP contribution < -0.4 is 10.5 Å². The van der Waals surface area contributed by atoms with Crippen molar-refractivity contribution in [2.75, 3.05) is 40.3 Å². The van der Waals surface area contributed by atoms with Crippen LogP contribution in [0, 0.1) is 0 Å². The fraction of sp³-hybridized carbons (Fsp3) is 0.500. The molecular formula is C14H21N3OS. The lowest BCUT2D eigenvalue weighted by Crippen LogP contribution is -2.43. The number of thiocarbonyl (C=S) groups is 1. The Bertz CT molecular complexity index is 456. The highest BCUT2D eigenvalue weighted by atomic mass is 32.1. The molecule has 2 N–H and O–H groups in total. The van der Waals surface area contributed by atoms with E-state index in [1.807, 2.05) is 18.2 Å². The number of nitrogens with zero attached hydrogens (tertiary/aromatic N) is 2. The molecule has 1 heterocycles. The zero-order chi connectivity index (χ0) is 13.8. The van der Waals surface area contributed by atoms with Crippen LogP contribution in [0.5, 0.6) is 5.75 Å².